The second-order valence-electron chi connectivity index (χ2n) is 4.74. The molecule has 0 aliphatic carbocycles. The Morgan fingerprint density at radius 1 is 1.13 bits per heavy atom. The number of ether oxygens (including phenoxy) is 4. The topological polar surface area (TPSA) is 71.1 Å². The van der Waals surface area contributed by atoms with Crippen molar-refractivity contribution in [3.05, 3.63) is 16.1 Å². The summed E-state index contributed by atoms with van der Waals surface area (Å²) in [7, 11) is 4.51. The normalized spacial score (nSPS) is 11.6. The van der Waals surface area contributed by atoms with E-state index >= 15 is 0 Å². The number of benzene rings is 1. The van der Waals surface area contributed by atoms with Gasteiger partial charge in [0.15, 0.2) is 11.5 Å². The van der Waals surface area contributed by atoms with Gasteiger partial charge in [-0.25, -0.2) is 0 Å². The van der Waals surface area contributed by atoms with Crippen molar-refractivity contribution in [2.75, 3.05) is 27.9 Å². The number of hydrogen-bond acceptors (Lipinski definition) is 6. The van der Waals surface area contributed by atoms with Gasteiger partial charge in [0.25, 0.3) is 0 Å². The van der Waals surface area contributed by atoms with Gasteiger partial charge in [-0.15, -0.1) is 0 Å². The average Bonchev–Trinajstić information content (AvgIpc) is 2.52. The van der Waals surface area contributed by atoms with Gasteiger partial charge in [0, 0.05) is 0 Å². The van der Waals surface area contributed by atoms with E-state index < -0.39 is 11.9 Å². The molecule has 0 saturated heterocycles. The van der Waals surface area contributed by atoms with Crippen LogP contribution in [0.3, 0.4) is 0 Å². The Bertz CT molecular complexity index is 584. The standard InChI is InChI=1S/C16H21BrO6/c1-6-23-16(19)11(9(2)18)7-10-8-12(20-3)14(21-4)15(22-5)13(10)17/h8,11H,6-7H2,1-5H3. The fraction of sp³-hybridized carbons (Fsp3) is 0.500. The molecule has 0 bridgehead atoms. The predicted molar refractivity (Wildman–Crippen MR) is 88.3 cm³/mol. The van der Waals surface area contributed by atoms with E-state index in [1.54, 1.807) is 13.0 Å². The van der Waals surface area contributed by atoms with Crippen molar-refractivity contribution in [1.29, 1.82) is 0 Å². The van der Waals surface area contributed by atoms with Crippen LogP contribution in [0.5, 0.6) is 17.2 Å². The summed E-state index contributed by atoms with van der Waals surface area (Å²) >= 11 is 3.44. The molecule has 1 atom stereocenters. The van der Waals surface area contributed by atoms with Crippen molar-refractivity contribution in [3.63, 3.8) is 0 Å². The van der Waals surface area contributed by atoms with Crippen LogP contribution < -0.4 is 14.2 Å². The highest BCUT2D eigenvalue weighted by molar-refractivity contribution is 9.10. The zero-order chi connectivity index (χ0) is 17.6. The largest absolute Gasteiger partial charge is 0.493 e. The van der Waals surface area contributed by atoms with Crippen molar-refractivity contribution in [1.82, 2.24) is 0 Å². The third kappa shape index (κ3) is 4.37. The molecule has 6 nitrogen and oxygen atoms in total. The van der Waals surface area contributed by atoms with Crippen LogP contribution in [0.1, 0.15) is 19.4 Å². The predicted octanol–water partition coefficient (Wildman–Crippen LogP) is 2.79. The molecule has 0 amide bonds. The Labute approximate surface area is 144 Å². The zero-order valence-corrected chi connectivity index (χ0v) is 15.5. The lowest BCUT2D eigenvalue weighted by Gasteiger charge is -2.19. The number of methoxy groups -OCH3 is 3. The van der Waals surface area contributed by atoms with E-state index in [-0.39, 0.29) is 18.8 Å². The molecular formula is C16H21BrO6. The van der Waals surface area contributed by atoms with Crippen LogP contribution in [-0.2, 0) is 20.7 Å². The molecule has 0 saturated carbocycles. The van der Waals surface area contributed by atoms with Crippen LogP contribution in [0.15, 0.2) is 10.5 Å². The van der Waals surface area contributed by atoms with Crippen LogP contribution in [0.2, 0.25) is 0 Å². The van der Waals surface area contributed by atoms with Crippen molar-refractivity contribution in [2.24, 2.45) is 5.92 Å². The van der Waals surface area contributed by atoms with E-state index in [2.05, 4.69) is 15.9 Å². The van der Waals surface area contributed by atoms with E-state index in [1.807, 2.05) is 0 Å². The first-order chi connectivity index (χ1) is 10.9. The first-order valence-electron chi connectivity index (χ1n) is 7.05. The quantitative estimate of drug-likeness (QED) is 0.503. The van der Waals surface area contributed by atoms with E-state index in [0.717, 1.165) is 0 Å². The van der Waals surface area contributed by atoms with Crippen LogP contribution >= 0.6 is 15.9 Å². The Hall–Kier alpha value is -1.76. The highest BCUT2D eigenvalue weighted by Gasteiger charge is 2.28. The number of rotatable bonds is 8. The number of hydrogen-bond donors (Lipinski definition) is 0. The molecule has 0 N–H and O–H groups in total. The lowest BCUT2D eigenvalue weighted by Crippen LogP contribution is -2.26. The third-order valence-electron chi connectivity index (χ3n) is 3.33. The van der Waals surface area contributed by atoms with Crippen molar-refractivity contribution >= 4 is 27.7 Å². The minimum atomic E-state index is -0.881. The monoisotopic (exact) mass is 388 g/mol. The summed E-state index contributed by atoms with van der Waals surface area (Å²) in [6.45, 7) is 3.29. The van der Waals surface area contributed by atoms with Gasteiger partial charge >= 0.3 is 5.97 Å². The number of ketones is 1. The molecule has 1 aromatic carbocycles. The molecule has 128 valence electrons. The van der Waals surface area contributed by atoms with Gasteiger partial charge in [0.05, 0.1) is 32.4 Å². The molecule has 7 heteroatoms. The first-order valence-corrected chi connectivity index (χ1v) is 7.84. The summed E-state index contributed by atoms with van der Waals surface area (Å²) < 4.78 is 21.5. The Morgan fingerprint density at radius 2 is 1.74 bits per heavy atom. The number of esters is 1. The maximum absolute atomic E-state index is 12.0. The molecule has 0 spiro atoms. The Balaban J connectivity index is 3.31. The van der Waals surface area contributed by atoms with E-state index in [9.17, 15) is 9.59 Å². The van der Waals surface area contributed by atoms with Crippen LogP contribution in [0.25, 0.3) is 0 Å². The molecule has 0 heterocycles. The minimum absolute atomic E-state index is 0.172. The summed E-state index contributed by atoms with van der Waals surface area (Å²) in [6, 6.07) is 1.71. The van der Waals surface area contributed by atoms with E-state index in [1.165, 1.54) is 28.3 Å². The van der Waals surface area contributed by atoms with Gasteiger partial charge < -0.3 is 18.9 Å². The first kappa shape index (κ1) is 19.3. The summed E-state index contributed by atoms with van der Waals surface area (Å²) in [5.74, 6) is -0.360. The third-order valence-corrected chi connectivity index (χ3v) is 4.20. The van der Waals surface area contributed by atoms with E-state index in [4.69, 9.17) is 18.9 Å². The maximum Gasteiger partial charge on any atom is 0.316 e. The molecule has 0 aliphatic rings. The van der Waals surface area contributed by atoms with Crippen molar-refractivity contribution in [3.8, 4) is 17.2 Å². The van der Waals surface area contributed by atoms with Gasteiger partial charge in [-0.1, -0.05) is 0 Å². The number of carbonyl (C=O) groups excluding carboxylic acids is 2. The molecule has 1 rings (SSSR count). The smallest absolute Gasteiger partial charge is 0.316 e. The summed E-state index contributed by atoms with van der Waals surface area (Å²) in [5.41, 5.74) is 0.688. The van der Waals surface area contributed by atoms with Crippen LogP contribution in [0, 0.1) is 5.92 Å². The minimum Gasteiger partial charge on any atom is -0.493 e. The summed E-state index contributed by atoms with van der Waals surface area (Å²) in [6.07, 6.45) is 0.172. The average molecular weight is 389 g/mol. The Kier molecular flexibility index (Phi) is 7.35. The fourth-order valence-corrected chi connectivity index (χ4v) is 2.79. The summed E-state index contributed by atoms with van der Waals surface area (Å²) in [4.78, 5) is 23.8. The summed E-state index contributed by atoms with van der Waals surface area (Å²) in [5, 5.41) is 0. The van der Waals surface area contributed by atoms with Gasteiger partial charge in [0.1, 0.15) is 11.7 Å². The van der Waals surface area contributed by atoms with E-state index in [0.29, 0.717) is 27.3 Å². The van der Waals surface area contributed by atoms with Crippen LogP contribution in [0.4, 0.5) is 0 Å². The molecule has 0 aromatic heterocycles. The number of halogens is 1. The lowest BCUT2D eigenvalue weighted by atomic mass is 9.95. The molecule has 0 aliphatic heterocycles. The molecule has 1 aromatic rings. The highest BCUT2D eigenvalue weighted by atomic mass is 79.9. The van der Waals surface area contributed by atoms with Crippen molar-refractivity contribution < 1.29 is 28.5 Å². The zero-order valence-electron chi connectivity index (χ0n) is 13.9. The lowest BCUT2D eigenvalue weighted by molar-refractivity contribution is -0.151. The van der Waals surface area contributed by atoms with Gasteiger partial charge in [0.2, 0.25) is 5.75 Å². The second-order valence-corrected chi connectivity index (χ2v) is 5.53. The molecule has 0 radical (unpaired) electrons. The highest BCUT2D eigenvalue weighted by Crippen LogP contribution is 2.45. The van der Waals surface area contributed by atoms with Crippen LogP contribution in [-0.4, -0.2) is 39.7 Å². The van der Waals surface area contributed by atoms with Gasteiger partial charge in [-0.2, -0.15) is 0 Å². The fourth-order valence-electron chi connectivity index (χ4n) is 2.18. The number of carbonyl (C=O) groups is 2. The maximum atomic E-state index is 12.0. The molecule has 0 fully saturated rings. The molecule has 1 unspecified atom stereocenters. The second kappa shape index (κ2) is 8.76. The Morgan fingerprint density at radius 3 is 2.17 bits per heavy atom. The number of Topliss-reactive ketones (excluding diaryl/α,β-unsaturated/α-hetero) is 1. The van der Waals surface area contributed by atoms with Gasteiger partial charge in [-0.05, 0) is 47.8 Å². The molecular weight excluding hydrogens is 368 g/mol. The van der Waals surface area contributed by atoms with Crippen molar-refractivity contribution in [2.45, 2.75) is 20.3 Å². The SMILES string of the molecule is CCOC(=O)C(Cc1cc(OC)c(OC)c(OC)c1Br)C(C)=O. The molecule has 23 heavy (non-hydrogen) atoms. The van der Waals surface area contributed by atoms with Gasteiger partial charge in [-0.3, -0.25) is 9.59 Å².